The zero-order valence-electron chi connectivity index (χ0n) is 15.3. The van der Waals surface area contributed by atoms with Gasteiger partial charge in [0.05, 0.1) is 0 Å². The van der Waals surface area contributed by atoms with Gasteiger partial charge >= 0.3 is 0 Å². The van der Waals surface area contributed by atoms with Gasteiger partial charge in [-0.05, 0) is 19.4 Å². The Morgan fingerprint density at radius 1 is 1.27 bits per heavy atom. The lowest BCUT2D eigenvalue weighted by molar-refractivity contribution is -0.124. The molecular weight excluding hydrogens is 330 g/mol. The topological polar surface area (TPSA) is 81.8 Å². The van der Waals surface area contributed by atoms with Crippen molar-refractivity contribution in [3.63, 3.8) is 0 Å². The molecule has 136 valence electrons. The van der Waals surface area contributed by atoms with Gasteiger partial charge in [-0.1, -0.05) is 25.1 Å². The molecule has 3 aromatic rings. The second kappa shape index (κ2) is 7.51. The van der Waals surface area contributed by atoms with Crippen LogP contribution in [0.1, 0.15) is 42.5 Å². The second-order valence-electron chi connectivity index (χ2n) is 6.29. The fraction of sp³-hybridized carbons (Fsp3) is 0.368. The molecule has 0 radical (unpaired) electrons. The number of ketones is 1. The van der Waals surface area contributed by atoms with E-state index in [9.17, 15) is 9.59 Å². The van der Waals surface area contributed by atoms with E-state index in [2.05, 4.69) is 15.4 Å². The van der Waals surface area contributed by atoms with Gasteiger partial charge in [0.25, 0.3) is 0 Å². The molecule has 26 heavy (non-hydrogen) atoms. The molecule has 0 saturated heterocycles. The van der Waals surface area contributed by atoms with Crippen molar-refractivity contribution in [2.45, 2.75) is 32.7 Å². The van der Waals surface area contributed by atoms with Crippen LogP contribution in [0.3, 0.4) is 0 Å². The van der Waals surface area contributed by atoms with Gasteiger partial charge in [0.2, 0.25) is 5.91 Å². The Kier molecular flexibility index (Phi) is 5.16. The molecule has 7 heteroatoms. The number of rotatable bonds is 7. The Bertz CT molecular complexity index is 940. The van der Waals surface area contributed by atoms with Crippen LogP contribution in [0.2, 0.25) is 0 Å². The van der Waals surface area contributed by atoms with Gasteiger partial charge < -0.3 is 9.88 Å². The molecule has 0 aliphatic carbocycles. The minimum Gasteiger partial charge on any atom is -0.354 e. The fourth-order valence-corrected chi connectivity index (χ4v) is 3.21. The lowest BCUT2D eigenvalue weighted by Gasteiger charge is -2.18. The van der Waals surface area contributed by atoms with Crippen molar-refractivity contribution in [2.24, 2.45) is 7.05 Å². The maximum atomic E-state index is 12.8. The molecule has 0 fully saturated rings. The van der Waals surface area contributed by atoms with Crippen LogP contribution in [0.5, 0.6) is 0 Å². The number of fused-ring (bicyclic) bond motifs is 1. The zero-order chi connectivity index (χ0) is 18.7. The average Bonchev–Trinajstić information content (AvgIpc) is 3.20. The molecule has 1 aromatic carbocycles. The molecule has 2 aromatic heterocycles. The Hall–Kier alpha value is -2.96. The summed E-state index contributed by atoms with van der Waals surface area (Å²) in [6.45, 7) is 4.00. The first-order valence-electron chi connectivity index (χ1n) is 8.74. The molecule has 1 amide bonds. The first kappa shape index (κ1) is 17.8. The highest BCUT2D eigenvalue weighted by molar-refractivity contribution is 6.07. The van der Waals surface area contributed by atoms with Crippen LogP contribution >= 0.6 is 0 Å². The van der Waals surface area contributed by atoms with Crippen LogP contribution in [0.4, 0.5) is 0 Å². The van der Waals surface area contributed by atoms with E-state index < -0.39 is 0 Å². The van der Waals surface area contributed by atoms with Crippen molar-refractivity contribution >= 4 is 22.6 Å². The summed E-state index contributed by atoms with van der Waals surface area (Å²) in [5.74, 6) is 0.756. The lowest BCUT2D eigenvalue weighted by atomic mass is 10.1. The lowest BCUT2D eigenvalue weighted by Crippen LogP contribution is -2.33. The molecule has 1 unspecified atom stereocenters. The van der Waals surface area contributed by atoms with Crippen molar-refractivity contribution in [3.05, 3.63) is 48.2 Å². The van der Waals surface area contributed by atoms with Crippen LogP contribution in [0.15, 0.2) is 36.8 Å². The number of para-hydroxylation sites is 1. The Morgan fingerprint density at radius 3 is 2.69 bits per heavy atom. The normalized spacial score (nSPS) is 12.3. The molecule has 3 rings (SSSR count). The Balaban J connectivity index is 1.80. The molecular formula is C19H23N5O2. The van der Waals surface area contributed by atoms with Crippen molar-refractivity contribution < 1.29 is 9.59 Å². The molecule has 7 nitrogen and oxygen atoms in total. The van der Waals surface area contributed by atoms with Crippen LogP contribution < -0.4 is 5.32 Å². The molecule has 0 spiro atoms. The highest BCUT2D eigenvalue weighted by Crippen LogP contribution is 2.26. The van der Waals surface area contributed by atoms with Crippen LogP contribution in [0.25, 0.3) is 10.9 Å². The number of amides is 1. The fourth-order valence-electron chi connectivity index (χ4n) is 3.21. The number of hydrogen-bond donors (Lipinski definition) is 1. The number of carbonyl (C=O) groups excluding carboxylic acids is 2. The summed E-state index contributed by atoms with van der Waals surface area (Å²) in [4.78, 5) is 28.9. The van der Waals surface area contributed by atoms with E-state index in [4.69, 9.17) is 0 Å². The third kappa shape index (κ3) is 3.37. The van der Waals surface area contributed by atoms with Gasteiger partial charge in [-0.25, -0.2) is 4.98 Å². The summed E-state index contributed by atoms with van der Waals surface area (Å²) in [6.07, 6.45) is 4.54. The SMILES string of the molecule is CCC(C(=O)NCCc1ncnn1C)n1cc(C(C)=O)c2ccccc21. The maximum absolute atomic E-state index is 12.8. The van der Waals surface area contributed by atoms with Gasteiger partial charge in [0.1, 0.15) is 18.2 Å². The Labute approximate surface area is 152 Å². The average molecular weight is 353 g/mol. The zero-order valence-corrected chi connectivity index (χ0v) is 15.3. The number of nitrogens with zero attached hydrogens (tertiary/aromatic N) is 4. The molecule has 0 aliphatic rings. The maximum Gasteiger partial charge on any atom is 0.243 e. The number of Topliss-reactive ketones (excluding diaryl/α,β-unsaturated/α-hetero) is 1. The summed E-state index contributed by atoms with van der Waals surface area (Å²) in [5, 5.41) is 7.88. The number of hydrogen-bond acceptors (Lipinski definition) is 4. The van der Waals surface area contributed by atoms with E-state index in [1.54, 1.807) is 17.8 Å². The smallest absolute Gasteiger partial charge is 0.243 e. The first-order chi connectivity index (χ1) is 12.5. The third-order valence-electron chi connectivity index (χ3n) is 4.60. The van der Waals surface area contributed by atoms with Crippen molar-refractivity contribution in [1.82, 2.24) is 24.6 Å². The predicted octanol–water partition coefficient (Wildman–Crippen LogP) is 2.28. The summed E-state index contributed by atoms with van der Waals surface area (Å²) in [7, 11) is 1.83. The summed E-state index contributed by atoms with van der Waals surface area (Å²) in [5.41, 5.74) is 1.54. The molecule has 1 atom stereocenters. The highest BCUT2D eigenvalue weighted by atomic mass is 16.2. The minimum absolute atomic E-state index is 0.00232. The number of aryl methyl sites for hydroxylation is 1. The highest BCUT2D eigenvalue weighted by Gasteiger charge is 2.22. The van der Waals surface area contributed by atoms with E-state index in [1.807, 2.05) is 42.8 Å². The van der Waals surface area contributed by atoms with Gasteiger partial charge in [-0.2, -0.15) is 5.10 Å². The molecule has 0 bridgehead atoms. The largest absolute Gasteiger partial charge is 0.354 e. The monoisotopic (exact) mass is 353 g/mol. The molecule has 2 heterocycles. The molecule has 1 N–H and O–H groups in total. The van der Waals surface area contributed by atoms with E-state index >= 15 is 0 Å². The van der Waals surface area contributed by atoms with E-state index in [1.165, 1.54) is 6.33 Å². The van der Waals surface area contributed by atoms with Gasteiger partial charge in [-0.15, -0.1) is 0 Å². The quantitative estimate of drug-likeness (QED) is 0.661. The molecule has 0 saturated carbocycles. The van der Waals surface area contributed by atoms with Crippen molar-refractivity contribution in [2.75, 3.05) is 6.54 Å². The van der Waals surface area contributed by atoms with E-state index in [0.29, 0.717) is 24.9 Å². The summed E-state index contributed by atoms with van der Waals surface area (Å²) < 4.78 is 3.60. The van der Waals surface area contributed by atoms with Crippen LogP contribution in [0, 0.1) is 0 Å². The second-order valence-corrected chi connectivity index (χ2v) is 6.29. The predicted molar refractivity (Wildman–Crippen MR) is 99.0 cm³/mol. The number of aromatic nitrogens is 4. The van der Waals surface area contributed by atoms with Gasteiger partial charge in [0, 0.05) is 42.7 Å². The number of benzene rings is 1. The number of nitrogens with one attached hydrogen (secondary N) is 1. The minimum atomic E-state index is -0.368. The third-order valence-corrected chi connectivity index (χ3v) is 4.60. The van der Waals surface area contributed by atoms with Crippen molar-refractivity contribution in [1.29, 1.82) is 0 Å². The van der Waals surface area contributed by atoms with Gasteiger partial charge in [-0.3, -0.25) is 14.3 Å². The standard InChI is InChI=1S/C19H23N5O2/c1-4-16(19(26)20-10-9-18-21-12-22-23(18)3)24-11-15(13(2)25)14-7-5-6-8-17(14)24/h5-8,11-12,16H,4,9-10H2,1-3H3,(H,20,26). The Morgan fingerprint density at radius 2 is 2.04 bits per heavy atom. The summed E-state index contributed by atoms with van der Waals surface area (Å²) in [6, 6.07) is 7.31. The molecule has 0 aliphatic heterocycles. The van der Waals surface area contributed by atoms with Crippen molar-refractivity contribution in [3.8, 4) is 0 Å². The van der Waals surface area contributed by atoms with Gasteiger partial charge in [0.15, 0.2) is 5.78 Å². The first-order valence-corrected chi connectivity index (χ1v) is 8.74. The summed E-state index contributed by atoms with van der Waals surface area (Å²) >= 11 is 0. The van der Waals surface area contributed by atoms with Crippen LogP contribution in [-0.2, 0) is 18.3 Å². The van der Waals surface area contributed by atoms with E-state index in [0.717, 1.165) is 16.7 Å². The van der Waals surface area contributed by atoms with E-state index in [-0.39, 0.29) is 17.7 Å². The van der Waals surface area contributed by atoms with Crippen LogP contribution in [-0.4, -0.2) is 37.6 Å². The number of carbonyl (C=O) groups is 2.